The van der Waals surface area contributed by atoms with Crippen LogP contribution in [0.2, 0.25) is 0 Å². The minimum atomic E-state index is -1.04. The Hall–Kier alpha value is -2.67. The first-order valence-corrected chi connectivity index (χ1v) is 12.6. The average molecular weight is 470 g/mol. The molecule has 2 N–H and O–H groups in total. The minimum Gasteiger partial charge on any atom is -0.481 e. The Balaban J connectivity index is 1.71. The molecule has 0 radical (unpaired) electrons. The topological polar surface area (TPSA) is 94.9 Å². The number of aromatic carboxylic acids is 1. The predicted octanol–water partition coefficient (Wildman–Crippen LogP) is 5.92. The predicted molar refractivity (Wildman–Crippen MR) is 129 cm³/mol. The number of benzene rings is 1. The van der Waals surface area contributed by atoms with Gasteiger partial charge in [-0.25, -0.2) is 4.79 Å². The number of nitrogens with zero attached hydrogens (tertiary/aromatic N) is 1. The molecule has 0 aliphatic heterocycles. The summed E-state index contributed by atoms with van der Waals surface area (Å²) in [6.07, 6.45) is 5.79. The van der Waals surface area contributed by atoms with Gasteiger partial charge in [0.05, 0.1) is 11.6 Å². The summed E-state index contributed by atoms with van der Waals surface area (Å²) in [5, 5.41) is 19.4. The second-order valence-corrected chi connectivity index (χ2v) is 10.6. The number of amides is 1. The van der Waals surface area contributed by atoms with Crippen LogP contribution in [-0.2, 0) is 9.59 Å². The molecule has 1 aromatic carbocycles. The third-order valence-corrected chi connectivity index (χ3v) is 8.40. The maximum absolute atomic E-state index is 13.9. The van der Waals surface area contributed by atoms with E-state index in [0.29, 0.717) is 37.3 Å². The van der Waals surface area contributed by atoms with Gasteiger partial charge in [0.1, 0.15) is 4.88 Å². The summed E-state index contributed by atoms with van der Waals surface area (Å²) in [5.41, 5.74) is 1.39. The van der Waals surface area contributed by atoms with E-state index in [1.54, 1.807) is 4.90 Å². The number of carboxylic acid groups (broad SMARTS) is 2. The largest absolute Gasteiger partial charge is 0.481 e. The fourth-order valence-electron chi connectivity index (χ4n) is 5.24. The first-order chi connectivity index (χ1) is 15.8. The van der Waals surface area contributed by atoms with Gasteiger partial charge in [0.15, 0.2) is 0 Å². The molecule has 2 fully saturated rings. The number of carbonyl (C=O) groups excluding carboxylic acids is 1. The summed E-state index contributed by atoms with van der Waals surface area (Å²) in [6, 6.07) is 11.3. The van der Waals surface area contributed by atoms with Crippen LogP contribution in [0.1, 0.15) is 68.0 Å². The van der Waals surface area contributed by atoms with E-state index in [1.165, 1.54) is 11.3 Å². The van der Waals surface area contributed by atoms with Crippen molar-refractivity contribution < 1.29 is 24.6 Å². The van der Waals surface area contributed by atoms with Crippen LogP contribution in [0.4, 0.5) is 5.69 Å². The molecule has 0 unspecified atom stereocenters. The van der Waals surface area contributed by atoms with Crippen molar-refractivity contribution in [2.24, 2.45) is 17.8 Å². The molecule has 1 amide bonds. The molecule has 1 aromatic heterocycles. The molecule has 2 aliphatic carbocycles. The summed E-state index contributed by atoms with van der Waals surface area (Å²) in [7, 11) is 0. The first-order valence-electron chi connectivity index (χ1n) is 11.8. The molecule has 2 saturated carbocycles. The number of carbonyl (C=O) groups is 3. The molecule has 1 heterocycles. The van der Waals surface area contributed by atoms with E-state index >= 15 is 0 Å². The van der Waals surface area contributed by atoms with Crippen LogP contribution < -0.4 is 4.90 Å². The van der Waals surface area contributed by atoms with Crippen molar-refractivity contribution in [1.82, 2.24) is 0 Å². The van der Waals surface area contributed by atoms with Crippen molar-refractivity contribution >= 4 is 34.9 Å². The van der Waals surface area contributed by atoms with Gasteiger partial charge in [-0.2, -0.15) is 0 Å². The van der Waals surface area contributed by atoms with Crippen LogP contribution in [0.15, 0.2) is 36.4 Å². The molecule has 0 spiro atoms. The molecule has 33 heavy (non-hydrogen) atoms. The fourth-order valence-corrected chi connectivity index (χ4v) is 6.23. The second-order valence-electron chi connectivity index (χ2n) is 9.50. The van der Waals surface area contributed by atoms with Crippen molar-refractivity contribution in [1.29, 1.82) is 0 Å². The minimum absolute atomic E-state index is 0.000543. The first kappa shape index (κ1) is 23.5. The number of hydrogen-bond acceptors (Lipinski definition) is 4. The summed E-state index contributed by atoms with van der Waals surface area (Å²) in [5.74, 6) is -1.73. The molecule has 0 atom stereocenters. The van der Waals surface area contributed by atoms with Gasteiger partial charge >= 0.3 is 11.9 Å². The molecule has 6 nitrogen and oxygen atoms in total. The lowest BCUT2D eigenvalue weighted by Gasteiger charge is -2.39. The smallest absolute Gasteiger partial charge is 0.348 e. The van der Waals surface area contributed by atoms with E-state index < -0.39 is 17.9 Å². The number of anilines is 1. The highest BCUT2D eigenvalue weighted by molar-refractivity contribution is 7.18. The Kier molecular flexibility index (Phi) is 7.17. The van der Waals surface area contributed by atoms with Crippen LogP contribution in [0.3, 0.4) is 0 Å². The zero-order valence-corrected chi connectivity index (χ0v) is 19.7. The van der Waals surface area contributed by atoms with Crippen LogP contribution in [0.25, 0.3) is 10.4 Å². The van der Waals surface area contributed by atoms with E-state index in [9.17, 15) is 24.6 Å². The third-order valence-electron chi connectivity index (χ3n) is 7.24. The third kappa shape index (κ3) is 5.13. The second kappa shape index (κ2) is 10.1. The van der Waals surface area contributed by atoms with Crippen molar-refractivity contribution in [2.75, 3.05) is 4.90 Å². The van der Waals surface area contributed by atoms with Crippen molar-refractivity contribution in [3.05, 3.63) is 41.3 Å². The summed E-state index contributed by atoms with van der Waals surface area (Å²) in [6.45, 7) is 2.21. The van der Waals surface area contributed by atoms with Gasteiger partial charge in [0.2, 0.25) is 5.91 Å². The molecule has 0 bridgehead atoms. The normalized spacial score (nSPS) is 25.4. The maximum atomic E-state index is 13.9. The van der Waals surface area contributed by atoms with Gasteiger partial charge in [-0.05, 0) is 68.9 Å². The van der Waals surface area contributed by atoms with E-state index in [0.717, 1.165) is 36.1 Å². The molecule has 2 aliphatic rings. The molecule has 176 valence electrons. The Labute approximate surface area is 198 Å². The molecular formula is C26H31NO5S. The van der Waals surface area contributed by atoms with Crippen LogP contribution in [-0.4, -0.2) is 34.1 Å². The number of hydrogen-bond donors (Lipinski definition) is 2. The number of rotatable bonds is 6. The Morgan fingerprint density at radius 1 is 0.879 bits per heavy atom. The summed E-state index contributed by atoms with van der Waals surface area (Å²) >= 11 is 1.20. The van der Waals surface area contributed by atoms with Gasteiger partial charge in [-0.1, -0.05) is 37.3 Å². The molecule has 0 saturated heterocycles. The Morgan fingerprint density at radius 2 is 1.48 bits per heavy atom. The van der Waals surface area contributed by atoms with Crippen molar-refractivity contribution in [3.8, 4) is 10.4 Å². The lowest BCUT2D eigenvalue weighted by Crippen LogP contribution is -2.47. The average Bonchev–Trinajstić information content (AvgIpc) is 3.26. The lowest BCUT2D eigenvalue weighted by atomic mass is 9.80. The number of aliphatic carboxylic acids is 1. The zero-order chi connectivity index (χ0) is 23.5. The van der Waals surface area contributed by atoms with Gasteiger partial charge < -0.3 is 15.1 Å². The highest BCUT2D eigenvalue weighted by atomic mass is 32.1. The summed E-state index contributed by atoms with van der Waals surface area (Å²) in [4.78, 5) is 40.3. The van der Waals surface area contributed by atoms with Crippen molar-refractivity contribution in [3.63, 3.8) is 0 Å². The van der Waals surface area contributed by atoms with E-state index in [2.05, 4.69) is 6.92 Å². The highest BCUT2D eigenvalue weighted by Crippen LogP contribution is 2.42. The molecule has 2 aromatic rings. The van der Waals surface area contributed by atoms with Crippen LogP contribution in [0.5, 0.6) is 0 Å². The van der Waals surface area contributed by atoms with Crippen molar-refractivity contribution in [2.45, 2.75) is 64.3 Å². The van der Waals surface area contributed by atoms with E-state index in [1.807, 2.05) is 36.4 Å². The van der Waals surface area contributed by atoms with Gasteiger partial charge in [-0.15, -0.1) is 11.3 Å². The molecular weight excluding hydrogens is 438 g/mol. The van der Waals surface area contributed by atoms with Gasteiger partial charge in [0, 0.05) is 16.8 Å². The summed E-state index contributed by atoms with van der Waals surface area (Å²) < 4.78 is 0. The maximum Gasteiger partial charge on any atom is 0.348 e. The Morgan fingerprint density at radius 3 is 2.06 bits per heavy atom. The number of thiophene rings is 1. The van der Waals surface area contributed by atoms with Gasteiger partial charge in [-0.3, -0.25) is 9.59 Å². The Bertz CT molecular complexity index is 1000. The molecule has 4 rings (SSSR count). The van der Waals surface area contributed by atoms with Crippen LogP contribution >= 0.6 is 11.3 Å². The monoisotopic (exact) mass is 469 g/mol. The van der Waals surface area contributed by atoms with Gasteiger partial charge in [0.25, 0.3) is 0 Å². The standard InChI is InChI=1S/C26H31NO5S/c1-16-7-9-18(10-8-16)24(28)27(20-13-11-19(12-14-20)25(29)30)21-15-22(33-23(21)26(31)32)17-5-3-2-4-6-17/h2-6,15-16,18-20H,7-14H2,1H3,(H,29,30)(H,31,32). The van der Waals surface area contributed by atoms with E-state index in [-0.39, 0.29) is 22.7 Å². The SMILES string of the molecule is CC1CCC(C(=O)N(c2cc(-c3ccccc3)sc2C(=O)O)C2CCC(C(=O)O)CC2)CC1. The molecule has 7 heteroatoms. The highest BCUT2D eigenvalue weighted by Gasteiger charge is 2.38. The fraction of sp³-hybridized carbons (Fsp3) is 0.500. The van der Waals surface area contributed by atoms with Crippen LogP contribution in [0, 0.1) is 17.8 Å². The lowest BCUT2D eigenvalue weighted by molar-refractivity contribution is -0.142. The zero-order valence-electron chi connectivity index (χ0n) is 18.9. The van der Waals surface area contributed by atoms with E-state index in [4.69, 9.17) is 0 Å². The quantitative estimate of drug-likeness (QED) is 0.548. The number of carboxylic acids is 2.